The quantitative estimate of drug-likeness (QED) is 0.669. The number of hydrogen-bond acceptors (Lipinski definition) is 7. The van der Waals surface area contributed by atoms with Gasteiger partial charge in [0.05, 0.1) is 29.5 Å². The molecule has 10 heteroatoms. The van der Waals surface area contributed by atoms with E-state index >= 15 is 0 Å². The van der Waals surface area contributed by atoms with E-state index in [2.05, 4.69) is 37.6 Å². The number of aromatic nitrogens is 3. The minimum Gasteiger partial charge on any atom is -0.381 e. The number of anilines is 4. The molecule has 1 amide bonds. The molecule has 1 atom stereocenters. The summed E-state index contributed by atoms with van der Waals surface area (Å²) in [6.07, 6.45) is 3.40. The topological polar surface area (TPSA) is 104 Å². The van der Waals surface area contributed by atoms with E-state index in [1.165, 1.54) is 0 Å². The molecule has 0 aromatic carbocycles. The van der Waals surface area contributed by atoms with E-state index in [0.29, 0.717) is 30.2 Å². The van der Waals surface area contributed by atoms with Gasteiger partial charge in [0.1, 0.15) is 11.4 Å². The van der Waals surface area contributed by atoms with Crippen molar-refractivity contribution >= 4 is 40.5 Å². The Morgan fingerprint density at radius 2 is 2.15 bits per heavy atom. The highest BCUT2D eigenvalue weighted by Gasteiger charge is 2.28. The van der Waals surface area contributed by atoms with Crippen LogP contribution < -0.4 is 21.3 Å². The molecule has 1 unspecified atom stereocenters. The maximum Gasteiger partial charge on any atom is 0.263 e. The van der Waals surface area contributed by atoms with Gasteiger partial charge in [0.25, 0.3) is 5.91 Å². The lowest BCUT2D eigenvalue weighted by Crippen LogP contribution is -2.44. The number of nitrogens with two attached hydrogens (primary N) is 1. The number of piperazine rings is 1. The van der Waals surface area contributed by atoms with Crippen LogP contribution in [0.4, 0.5) is 23.0 Å². The number of amides is 1. The molecule has 0 spiro atoms. The molecular weight excluding hydrogens is 368 g/mol. The van der Waals surface area contributed by atoms with Gasteiger partial charge in [-0.2, -0.15) is 5.10 Å². The molecule has 4 N–H and O–H groups in total. The number of nitrogens with one attached hydrogen (secondary N) is 2. The lowest BCUT2D eigenvalue weighted by molar-refractivity contribution is 0.102. The zero-order valence-electron chi connectivity index (χ0n) is 15.2. The number of hydrogen-bond donors (Lipinski definition) is 3. The van der Waals surface area contributed by atoms with Crippen molar-refractivity contribution in [2.75, 3.05) is 61.0 Å². The first kappa shape index (κ1) is 17.9. The highest BCUT2D eigenvalue weighted by molar-refractivity contribution is 6.21. The molecule has 2 aromatic rings. The predicted octanol–water partition coefficient (Wildman–Crippen LogP) is 0.897. The average molecular weight is 391 g/mol. The predicted molar refractivity (Wildman–Crippen MR) is 107 cm³/mol. The largest absolute Gasteiger partial charge is 0.381 e. The molecule has 4 heterocycles. The van der Waals surface area contributed by atoms with E-state index in [0.717, 1.165) is 31.9 Å². The number of rotatable bonds is 3. The molecule has 2 aliphatic heterocycles. The standard InChI is InChI=1S/C17H23ClN8O/c1-24-4-6-25(7-5-24)13-2-3-20-9-12(13)22-17(27)14-15(19)23-26-10-11(18)8-21-16(14)26/h2-3,9,11,21H,4-8,10H2,1H3,(H2,19,23)(H,22,27). The van der Waals surface area contributed by atoms with Gasteiger partial charge < -0.3 is 26.2 Å². The van der Waals surface area contributed by atoms with Gasteiger partial charge in [-0.05, 0) is 13.1 Å². The number of fused-ring (bicyclic) bond motifs is 1. The summed E-state index contributed by atoms with van der Waals surface area (Å²) < 4.78 is 1.65. The first-order valence-electron chi connectivity index (χ1n) is 8.96. The molecule has 2 aromatic heterocycles. The summed E-state index contributed by atoms with van der Waals surface area (Å²) in [5, 5.41) is 10.3. The van der Waals surface area contributed by atoms with Crippen LogP contribution in [-0.2, 0) is 6.54 Å². The van der Waals surface area contributed by atoms with Crippen molar-refractivity contribution in [1.29, 1.82) is 0 Å². The molecule has 0 radical (unpaired) electrons. The first-order chi connectivity index (χ1) is 13.0. The monoisotopic (exact) mass is 390 g/mol. The van der Waals surface area contributed by atoms with E-state index in [1.54, 1.807) is 17.1 Å². The van der Waals surface area contributed by atoms with Crippen LogP contribution in [0, 0.1) is 0 Å². The van der Waals surface area contributed by atoms with Gasteiger partial charge in [0, 0.05) is 38.9 Å². The number of pyridine rings is 1. The summed E-state index contributed by atoms with van der Waals surface area (Å²) in [6.45, 7) is 4.82. The second kappa shape index (κ2) is 7.24. The Kier molecular flexibility index (Phi) is 4.79. The fourth-order valence-corrected chi connectivity index (χ4v) is 3.67. The summed E-state index contributed by atoms with van der Waals surface area (Å²) in [4.78, 5) is 21.7. The van der Waals surface area contributed by atoms with Crippen LogP contribution in [0.5, 0.6) is 0 Å². The molecule has 0 aliphatic carbocycles. The van der Waals surface area contributed by atoms with Crippen LogP contribution in [0.1, 0.15) is 10.4 Å². The van der Waals surface area contributed by atoms with Crippen LogP contribution in [0.25, 0.3) is 0 Å². The number of alkyl halides is 1. The SMILES string of the molecule is CN1CCN(c2ccncc2NC(=O)c2c(N)nn3c2NCC(Cl)C3)CC1. The summed E-state index contributed by atoms with van der Waals surface area (Å²) in [5.41, 5.74) is 7.97. The molecular formula is C17H23ClN8O. The Balaban J connectivity index is 1.58. The van der Waals surface area contributed by atoms with E-state index in [9.17, 15) is 4.79 Å². The van der Waals surface area contributed by atoms with Gasteiger partial charge in [0.15, 0.2) is 5.82 Å². The van der Waals surface area contributed by atoms with Gasteiger partial charge in [-0.15, -0.1) is 11.6 Å². The maximum atomic E-state index is 13.0. The van der Waals surface area contributed by atoms with Crippen LogP contribution in [0.3, 0.4) is 0 Å². The fourth-order valence-electron chi connectivity index (χ4n) is 3.47. The normalized spacial score (nSPS) is 20.1. The van der Waals surface area contributed by atoms with Crippen molar-refractivity contribution in [1.82, 2.24) is 19.7 Å². The van der Waals surface area contributed by atoms with Crippen molar-refractivity contribution in [3.05, 3.63) is 24.0 Å². The van der Waals surface area contributed by atoms with E-state index in [1.807, 2.05) is 6.07 Å². The second-order valence-electron chi connectivity index (χ2n) is 6.91. The lowest BCUT2D eigenvalue weighted by Gasteiger charge is -2.34. The van der Waals surface area contributed by atoms with E-state index < -0.39 is 0 Å². The number of nitrogens with zero attached hydrogens (tertiary/aromatic N) is 5. The van der Waals surface area contributed by atoms with Crippen LogP contribution >= 0.6 is 11.6 Å². The third-order valence-electron chi connectivity index (χ3n) is 4.96. The second-order valence-corrected chi connectivity index (χ2v) is 7.52. The molecule has 0 saturated carbocycles. The third-order valence-corrected chi connectivity index (χ3v) is 5.25. The van der Waals surface area contributed by atoms with E-state index in [-0.39, 0.29) is 17.1 Å². The minimum atomic E-state index is -0.308. The zero-order valence-corrected chi connectivity index (χ0v) is 15.9. The van der Waals surface area contributed by atoms with Crippen LogP contribution in [-0.4, -0.2) is 70.7 Å². The number of halogens is 1. The van der Waals surface area contributed by atoms with Crippen LogP contribution in [0.15, 0.2) is 18.5 Å². The molecule has 27 heavy (non-hydrogen) atoms. The highest BCUT2D eigenvalue weighted by Crippen LogP contribution is 2.30. The molecule has 9 nitrogen and oxygen atoms in total. The van der Waals surface area contributed by atoms with Crippen molar-refractivity contribution < 1.29 is 4.79 Å². The Labute approximate surface area is 162 Å². The Bertz CT molecular complexity index is 845. The molecule has 4 rings (SSSR count). The zero-order chi connectivity index (χ0) is 19.0. The van der Waals surface area contributed by atoms with Gasteiger partial charge in [-0.25, -0.2) is 4.68 Å². The van der Waals surface area contributed by atoms with Crippen molar-refractivity contribution in [3.8, 4) is 0 Å². The van der Waals surface area contributed by atoms with Gasteiger partial charge >= 0.3 is 0 Å². The lowest BCUT2D eigenvalue weighted by atomic mass is 10.2. The summed E-state index contributed by atoms with van der Waals surface area (Å²) in [5.74, 6) is 0.482. The summed E-state index contributed by atoms with van der Waals surface area (Å²) in [6, 6.07) is 1.92. The van der Waals surface area contributed by atoms with Crippen molar-refractivity contribution in [2.24, 2.45) is 0 Å². The smallest absolute Gasteiger partial charge is 0.263 e. The molecule has 2 aliphatic rings. The maximum absolute atomic E-state index is 13.0. The number of likely N-dealkylation sites (N-methyl/N-ethyl adjacent to an activating group) is 1. The molecule has 1 fully saturated rings. The highest BCUT2D eigenvalue weighted by atomic mass is 35.5. The Morgan fingerprint density at radius 1 is 1.37 bits per heavy atom. The Morgan fingerprint density at radius 3 is 2.93 bits per heavy atom. The Hall–Kier alpha value is -2.52. The number of carbonyl (C=O) groups is 1. The minimum absolute atomic E-state index is 0.0881. The average Bonchev–Trinajstić information content (AvgIpc) is 2.98. The van der Waals surface area contributed by atoms with Gasteiger partial charge in [-0.1, -0.05) is 0 Å². The summed E-state index contributed by atoms with van der Waals surface area (Å²) >= 11 is 6.15. The van der Waals surface area contributed by atoms with E-state index in [4.69, 9.17) is 17.3 Å². The molecule has 0 bridgehead atoms. The van der Waals surface area contributed by atoms with Crippen molar-refractivity contribution in [2.45, 2.75) is 11.9 Å². The summed E-state index contributed by atoms with van der Waals surface area (Å²) in [7, 11) is 2.11. The molecule has 144 valence electrons. The third kappa shape index (κ3) is 3.52. The van der Waals surface area contributed by atoms with Crippen molar-refractivity contribution in [3.63, 3.8) is 0 Å². The molecule has 1 saturated heterocycles. The van der Waals surface area contributed by atoms with Gasteiger partial charge in [0.2, 0.25) is 0 Å². The van der Waals surface area contributed by atoms with Crippen LogP contribution in [0.2, 0.25) is 0 Å². The first-order valence-corrected chi connectivity index (χ1v) is 9.39. The number of nitrogen functional groups attached to an aromatic ring is 1. The number of carbonyl (C=O) groups excluding carboxylic acids is 1. The fraction of sp³-hybridized carbons (Fsp3) is 0.471. The van der Waals surface area contributed by atoms with Gasteiger partial charge in [-0.3, -0.25) is 9.78 Å².